The molecule has 3 rings (SSSR count). The molecule has 166 valence electrons. The molecule has 31 heavy (non-hydrogen) atoms. The van der Waals surface area contributed by atoms with E-state index in [0.717, 1.165) is 6.08 Å². The highest BCUT2D eigenvalue weighted by atomic mass is 35.5. The van der Waals surface area contributed by atoms with Gasteiger partial charge in [-0.1, -0.05) is 23.8 Å². The van der Waals surface area contributed by atoms with Gasteiger partial charge in [-0.05, 0) is 32.4 Å². The fourth-order valence-electron chi connectivity index (χ4n) is 3.73. The molecule has 0 aromatic carbocycles. The van der Waals surface area contributed by atoms with Crippen molar-refractivity contribution in [2.24, 2.45) is 10.5 Å². The summed E-state index contributed by atoms with van der Waals surface area (Å²) in [5.74, 6) is -1.24. The van der Waals surface area contributed by atoms with Crippen LogP contribution in [0.4, 0.5) is 23.4 Å². The Balaban J connectivity index is 1.92. The number of carbonyl (C=O) groups is 1. The maximum Gasteiger partial charge on any atom is 0.417 e. The van der Waals surface area contributed by atoms with Crippen LogP contribution in [0.25, 0.3) is 0 Å². The molecule has 1 aromatic heterocycles. The number of pyridine rings is 1. The van der Waals surface area contributed by atoms with Gasteiger partial charge in [0.15, 0.2) is 11.6 Å². The Bertz CT molecular complexity index is 1000. The Morgan fingerprint density at radius 2 is 2.16 bits per heavy atom. The minimum Gasteiger partial charge on any atom is -0.339 e. The number of allylic oxidation sites excluding steroid dienone is 3. The topological polar surface area (TPSA) is 81.4 Å². The van der Waals surface area contributed by atoms with E-state index in [4.69, 9.17) is 17.1 Å². The Kier molecular flexibility index (Phi) is 6.22. The van der Waals surface area contributed by atoms with Crippen LogP contribution in [0.3, 0.4) is 0 Å². The van der Waals surface area contributed by atoms with E-state index in [0.29, 0.717) is 5.70 Å². The molecule has 2 heterocycles. The number of nitrogens with one attached hydrogen (secondary N) is 2. The largest absolute Gasteiger partial charge is 0.417 e. The molecular formula is C20H20ClF4N5O. The van der Waals surface area contributed by atoms with Gasteiger partial charge in [-0.3, -0.25) is 4.79 Å². The first-order valence-electron chi connectivity index (χ1n) is 9.43. The van der Waals surface area contributed by atoms with Gasteiger partial charge in [-0.15, -0.1) is 0 Å². The molecule has 1 aliphatic heterocycles. The van der Waals surface area contributed by atoms with Gasteiger partial charge >= 0.3 is 6.18 Å². The van der Waals surface area contributed by atoms with Crippen molar-refractivity contribution in [1.82, 2.24) is 9.88 Å². The fourth-order valence-corrected chi connectivity index (χ4v) is 4.06. The van der Waals surface area contributed by atoms with Gasteiger partial charge in [0.2, 0.25) is 5.91 Å². The average molecular weight is 458 g/mol. The van der Waals surface area contributed by atoms with Crippen LogP contribution in [0.1, 0.15) is 26.7 Å². The zero-order valence-corrected chi connectivity index (χ0v) is 17.5. The third-order valence-corrected chi connectivity index (χ3v) is 6.11. The van der Waals surface area contributed by atoms with Crippen molar-refractivity contribution in [2.45, 2.75) is 38.9 Å². The monoisotopic (exact) mass is 457 g/mol. The first-order chi connectivity index (χ1) is 14.5. The lowest BCUT2D eigenvalue weighted by atomic mass is 9.78. The number of halogens is 5. The SMILES string of the molecule is CC1C(N=N)=C(Nc2ncccc2F)CCN1C(=O)C1(C)CC=CC(C(F)(F)F)=C1Cl. The van der Waals surface area contributed by atoms with Crippen molar-refractivity contribution in [3.63, 3.8) is 0 Å². The Hall–Kier alpha value is -2.75. The minimum absolute atomic E-state index is 0.00872. The Morgan fingerprint density at radius 3 is 2.77 bits per heavy atom. The quantitative estimate of drug-likeness (QED) is 0.461. The molecule has 2 unspecified atom stereocenters. The van der Waals surface area contributed by atoms with Gasteiger partial charge in [0.1, 0.15) is 5.70 Å². The summed E-state index contributed by atoms with van der Waals surface area (Å²) in [5.41, 5.74) is 5.47. The second-order valence-corrected chi connectivity index (χ2v) is 7.90. The second kappa shape index (κ2) is 8.41. The lowest BCUT2D eigenvalue weighted by Gasteiger charge is -2.41. The maximum atomic E-state index is 13.9. The van der Waals surface area contributed by atoms with Crippen LogP contribution in [0.15, 0.2) is 57.6 Å². The van der Waals surface area contributed by atoms with Crippen molar-refractivity contribution in [2.75, 3.05) is 11.9 Å². The van der Waals surface area contributed by atoms with E-state index in [-0.39, 0.29) is 30.9 Å². The third-order valence-electron chi connectivity index (χ3n) is 5.49. The molecular weight excluding hydrogens is 438 g/mol. The first-order valence-corrected chi connectivity index (χ1v) is 9.81. The van der Waals surface area contributed by atoms with E-state index in [1.807, 2.05) is 0 Å². The van der Waals surface area contributed by atoms with Crippen molar-refractivity contribution < 1.29 is 22.4 Å². The lowest BCUT2D eigenvalue weighted by Crippen LogP contribution is -2.51. The van der Waals surface area contributed by atoms with Crippen molar-refractivity contribution in [3.8, 4) is 0 Å². The van der Waals surface area contributed by atoms with E-state index in [9.17, 15) is 22.4 Å². The van der Waals surface area contributed by atoms with E-state index < -0.39 is 40.0 Å². The molecule has 6 nitrogen and oxygen atoms in total. The van der Waals surface area contributed by atoms with Crippen LogP contribution in [0, 0.1) is 16.8 Å². The number of anilines is 1. The number of hydrogen-bond donors (Lipinski definition) is 2. The number of hydrogen-bond acceptors (Lipinski definition) is 5. The summed E-state index contributed by atoms with van der Waals surface area (Å²) in [6.45, 7) is 3.10. The molecule has 1 amide bonds. The van der Waals surface area contributed by atoms with Gasteiger partial charge < -0.3 is 10.2 Å². The third kappa shape index (κ3) is 4.21. The molecule has 11 heteroatoms. The predicted octanol–water partition coefficient (Wildman–Crippen LogP) is 5.52. The molecule has 1 aromatic rings. The minimum atomic E-state index is -4.69. The van der Waals surface area contributed by atoms with Gasteiger partial charge in [-0.25, -0.2) is 14.9 Å². The number of alkyl halides is 3. The van der Waals surface area contributed by atoms with Crippen LogP contribution < -0.4 is 5.32 Å². The highest BCUT2D eigenvalue weighted by Gasteiger charge is 2.48. The van der Waals surface area contributed by atoms with E-state index >= 15 is 0 Å². The average Bonchev–Trinajstić information content (AvgIpc) is 2.71. The molecule has 2 atom stereocenters. The summed E-state index contributed by atoms with van der Waals surface area (Å²) >= 11 is 6.09. The molecule has 0 fully saturated rings. The standard InChI is InChI=1S/C20H20ClF4N5O/c1-11-15(29-26)14(28-17-13(22)6-4-9-27-17)7-10-30(11)18(31)19(2)8-3-5-12(16(19)21)20(23,24)25/h3-6,9,11,26H,7-8,10H2,1-2H3,(H,27,28). The Labute approximate surface area is 181 Å². The second-order valence-electron chi connectivity index (χ2n) is 7.52. The van der Waals surface area contributed by atoms with Crippen LogP contribution in [-0.4, -0.2) is 34.6 Å². The molecule has 0 radical (unpaired) electrons. The smallest absolute Gasteiger partial charge is 0.339 e. The summed E-state index contributed by atoms with van der Waals surface area (Å²) in [6, 6.07) is 1.91. The number of nitrogens with zero attached hydrogens (tertiary/aromatic N) is 3. The Morgan fingerprint density at radius 1 is 1.45 bits per heavy atom. The highest BCUT2D eigenvalue weighted by molar-refractivity contribution is 6.33. The molecule has 0 bridgehead atoms. The lowest BCUT2D eigenvalue weighted by molar-refractivity contribution is -0.141. The molecule has 1 aliphatic carbocycles. The van der Waals surface area contributed by atoms with E-state index in [1.54, 1.807) is 6.92 Å². The number of amides is 1. The zero-order chi connectivity index (χ0) is 23.0. The fraction of sp³-hybridized carbons (Fsp3) is 0.400. The van der Waals surface area contributed by atoms with Gasteiger partial charge in [0.05, 0.1) is 17.0 Å². The first kappa shape index (κ1) is 22.9. The summed E-state index contributed by atoms with van der Waals surface area (Å²) in [7, 11) is 0. The molecule has 0 saturated heterocycles. The zero-order valence-electron chi connectivity index (χ0n) is 16.7. The van der Waals surface area contributed by atoms with Gasteiger partial charge in [-0.2, -0.15) is 18.3 Å². The number of rotatable bonds is 4. The number of aromatic nitrogens is 1. The number of carbonyl (C=O) groups excluding carboxylic acids is 1. The molecule has 0 saturated carbocycles. The highest BCUT2D eigenvalue weighted by Crippen LogP contribution is 2.47. The van der Waals surface area contributed by atoms with Crippen LogP contribution in [0.2, 0.25) is 0 Å². The van der Waals surface area contributed by atoms with Gasteiger partial charge in [0.25, 0.3) is 0 Å². The molecule has 0 spiro atoms. The summed E-state index contributed by atoms with van der Waals surface area (Å²) in [4.78, 5) is 18.6. The summed E-state index contributed by atoms with van der Waals surface area (Å²) < 4.78 is 53.9. The molecule has 2 N–H and O–H groups in total. The van der Waals surface area contributed by atoms with Gasteiger partial charge in [0, 0.05) is 29.9 Å². The summed E-state index contributed by atoms with van der Waals surface area (Å²) in [5, 5.41) is 5.74. The van der Waals surface area contributed by atoms with Crippen LogP contribution in [-0.2, 0) is 4.79 Å². The van der Waals surface area contributed by atoms with Crippen molar-refractivity contribution in [1.29, 1.82) is 5.53 Å². The van der Waals surface area contributed by atoms with E-state index in [2.05, 4.69) is 15.4 Å². The van der Waals surface area contributed by atoms with Crippen LogP contribution >= 0.6 is 11.6 Å². The van der Waals surface area contributed by atoms with Crippen LogP contribution in [0.5, 0.6) is 0 Å². The van der Waals surface area contributed by atoms with Crippen molar-refractivity contribution >= 4 is 23.3 Å². The predicted molar refractivity (Wildman–Crippen MR) is 107 cm³/mol. The normalized spacial score (nSPS) is 24.5. The van der Waals surface area contributed by atoms with Crippen molar-refractivity contribution in [3.05, 3.63) is 58.3 Å². The maximum absolute atomic E-state index is 13.9. The molecule has 2 aliphatic rings. The van der Waals surface area contributed by atoms with E-state index in [1.165, 1.54) is 36.2 Å². The summed E-state index contributed by atoms with van der Waals surface area (Å²) in [6.07, 6.45) is -0.934.